The molecule has 5 heteroatoms. The average molecular weight is 296 g/mol. The number of hydrogen-bond donors (Lipinski definition) is 0. The molecule has 0 saturated carbocycles. The number of hydrogen-bond acceptors (Lipinski definition) is 3. The van der Waals surface area contributed by atoms with Crippen LogP contribution in [0.2, 0.25) is 0 Å². The van der Waals surface area contributed by atoms with Crippen molar-refractivity contribution >= 4 is 17.7 Å². The number of thioether (sulfide) groups is 1. The number of unbranched alkanes of at least 4 members (excludes halogenated alkanes) is 2. The Labute approximate surface area is 119 Å². The fraction of sp³-hybridized carbons (Fsp3) is 0.929. The molecule has 0 aliphatic rings. The number of halogens is 2. The summed E-state index contributed by atoms with van der Waals surface area (Å²) in [6.45, 7) is 5.21. The van der Waals surface area contributed by atoms with Crippen LogP contribution in [0.4, 0.5) is 8.78 Å². The number of carbonyl (C=O) groups excluding carboxylic acids is 1. The van der Waals surface area contributed by atoms with Crippen LogP contribution in [0.25, 0.3) is 0 Å². The van der Waals surface area contributed by atoms with Crippen molar-refractivity contribution in [1.29, 1.82) is 0 Å². The van der Waals surface area contributed by atoms with Crippen LogP contribution < -0.4 is 0 Å². The van der Waals surface area contributed by atoms with E-state index in [1.54, 1.807) is 18.7 Å². The molecule has 1 atom stereocenters. The van der Waals surface area contributed by atoms with Gasteiger partial charge in [-0.05, 0) is 38.9 Å². The smallest absolute Gasteiger partial charge is 0.319 e. The Balaban J connectivity index is 3.72. The Morgan fingerprint density at radius 3 is 2.47 bits per heavy atom. The zero-order valence-electron chi connectivity index (χ0n) is 12.2. The first-order valence-electron chi connectivity index (χ1n) is 7.06. The van der Waals surface area contributed by atoms with Crippen molar-refractivity contribution in [1.82, 2.24) is 0 Å². The van der Waals surface area contributed by atoms with Crippen molar-refractivity contribution in [3.05, 3.63) is 0 Å². The van der Waals surface area contributed by atoms with E-state index in [1.165, 1.54) is 0 Å². The molecule has 114 valence electrons. The number of carbonyl (C=O) groups is 1. The fourth-order valence-corrected chi connectivity index (χ4v) is 2.97. The molecular weight excluding hydrogens is 270 g/mol. The number of ether oxygens (including phenoxy) is 1. The zero-order valence-corrected chi connectivity index (χ0v) is 13.0. The van der Waals surface area contributed by atoms with Crippen molar-refractivity contribution in [2.75, 3.05) is 12.4 Å². The lowest BCUT2D eigenvalue weighted by Crippen LogP contribution is -2.20. The van der Waals surface area contributed by atoms with Gasteiger partial charge in [0.25, 0.3) is 0 Å². The Kier molecular flexibility index (Phi) is 10.3. The molecule has 0 spiro atoms. The number of alkyl halides is 2. The van der Waals surface area contributed by atoms with Gasteiger partial charge in [0.05, 0.1) is 6.61 Å². The maximum Gasteiger partial charge on any atom is 0.319 e. The first-order chi connectivity index (χ1) is 8.90. The van der Waals surface area contributed by atoms with Crippen LogP contribution >= 0.6 is 11.8 Å². The van der Waals surface area contributed by atoms with E-state index in [2.05, 4.69) is 0 Å². The Bertz CT molecular complexity index is 242. The molecule has 0 aromatic carbocycles. The topological polar surface area (TPSA) is 26.3 Å². The van der Waals surface area contributed by atoms with Gasteiger partial charge in [0.15, 0.2) is 0 Å². The predicted molar refractivity (Wildman–Crippen MR) is 76.9 cm³/mol. The molecule has 0 aliphatic heterocycles. The molecule has 0 bridgehead atoms. The SMILES string of the molecule is CCCC(SCCCCCC(C)(F)F)C(=O)OCC. The third kappa shape index (κ3) is 11.2. The number of esters is 1. The molecule has 0 saturated heterocycles. The summed E-state index contributed by atoms with van der Waals surface area (Å²) >= 11 is 1.59. The molecule has 0 fully saturated rings. The van der Waals surface area contributed by atoms with Crippen LogP contribution in [-0.4, -0.2) is 29.5 Å². The lowest BCUT2D eigenvalue weighted by molar-refractivity contribution is -0.142. The summed E-state index contributed by atoms with van der Waals surface area (Å²) in [7, 11) is 0. The highest BCUT2D eigenvalue weighted by Crippen LogP contribution is 2.23. The standard InChI is InChI=1S/C14H26F2O2S/c1-4-9-12(13(17)18-5-2)19-11-8-6-7-10-14(3,15)16/h12H,4-11H2,1-3H3. The summed E-state index contributed by atoms with van der Waals surface area (Å²) in [6.07, 6.45) is 3.92. The highest BCUT2D eigenvalue weighted by Gasteiger charge is 2.20. The quantitative estimate of drug-likeness (QED) is 0.409. The monoisotopic (exact) mass is 296 g/mol. The molecule has 0 rings (SSSR count). The zero-order chi connectivity index (χ0) is 14.7. The van der Waals surface area contributed by atoms with Crippen LogP contribution in [-0.2, 0) is 9.53 Å². The van der Waals surface area contributed by atoms with Gasteiger partial charge in [0.1, 0.15) is 5.25 Å². The summed E-state index contributed by atoms with van der Waals surface area (Å²) in [5.41, 5.74) is 0. The summed E-state index contributed by atoms with van der Waals surface area (Å²) in [5, 5.41) is -0.0995. The Morgan fingerprint density at radius 2 is 1.95 bits per heavy atom. The van der Waals surface area contributed by atoms with Crippen LogP contribution in [0.1, 0.15) is 59.3 Å². The molecule has 0 amide bonds. The molecular formula is C14H26F2O2S. The lowest BCUT2D eigenvalue weighted by atomic mass is 10.1. The molecule has 19 heavy (non-hydrogen) atoms. The Morgan fingerprint density at radius 1 is 1.26 bits per heavy atom. The average Bonchev–Trinajstić information content (AvgIpc) is 2.31. The molecule has 0 aromatic rings. The first kappa shape index (κ1) is 18.7. The molecule has 1 unspecified atom stereocenters. The number of rotatable bonds is 11. The summed E-state index contributed by atoms with van der Waals surface area (Å²) in [6, 6.07) is 0. The van der Waals surface area contributed by atoms with Crippen molar-refractivity contribution in [2.45, 2.75) is 70.5 Å². The normalized spacial score (nSPS) is 13.3. The van der Waals surface area contributed by atoms with Crippen LogP contribution in [0, 0.1) is 0 Å². The third-order valence-corrected chi connectivity index (χ3v) is 4.03. The first-order valence-corrected chi connectivity index (χ1v) is 8.11. The van der Waals surface area contributed by atoms with Gasteiger partial charge >= 0.3 is 5.97 Å². The minimum atomic E-state index is -2.55. The van der Waals surface area contributed by atoms with E-state index < -0.39 is 5.92 Å². The maximum absolute atomic E-state index is 12.6. The fourth-order valence-electron chi connectivity index (χ4n) is 1.71. The highest BCUT2D eigenvalue weighted by molar-refractivity contribution is 8.00. The van der Waals surface area contributed by atoms with Gasteiger partial charge in [-0.25, -0.2) is 8.78 Å². The second-order valence-electron chi connectivity index (χ2n) is 4.78. The van der Waals surface area contributed by atoms with Crippen molar-refractivity contribution < 1.29 is 18.3 Å². The van der Waals surface area contributed by atoms with Crippen molar-refractivity contribution in [3.8, 4) is 0 Å². The largest absolute Gasteiger partial charge is 0.465 e. The molecule has 2 nitrogen and oxygen atoms in total. The predicted octanol–water partition coefficient (Wildman–Crippen LogP) is 4.67. The van der Waals surface area contributed by atoms with E-state index in [0.29, 0.717) is 13.0 Å². The van der Waals surface area contributed by atoms with Gasteiger partial charge in [0, 0.05) is 6.42 Å². The van der Waals surface area contributed by atoms with Gasteiger partial charge < -0.3 is 4.74 Å². The van der Waals surface area contributed by atoms with Gasteiger partial charge in [0.2, 0.25) is 5.92 Å². The van der Waals surface area contributed by atoms with E-state index >= 15 is 0 Å². The van der Waals surface area contributed by atoms with E-state index in [4.69, 9.17) is 4.74 Å². The van der Waals surface area contributed by atoms with Gasteiger partial charge in [-0.2, -0.15) is 0 Å². The van der Waals surface area contributed by atoms with Crippen LogP contribution in [0.5, 0.6) is 0 Å². The molecule has 0 heterocycles. The van der Waals surface area contributed by atoms with Crippen LogP contribution in [0.3, 0.4) is 0 Å². The molecule has 0 aromatic heterocycles. The molecule has 0 N–H and O–H groups in total. The van der Waals surface area contributed by atoms with Crippen molar-refractivity contribution in [2.24, 2.45) is 0 Å². The second kappa shape index (κ2) is 10.5. The summed E-state index contributed by atoms with van der Waals surface area (Å²) < 4.78 is 30.2. The highest BCUT2D eigenvalue weighted by atomic mass is 32.2. The summed E-state index contributed by atoms with van der Waals surface area (Å²) in [4.78, 5) is 11.6. The maximum atomic E-state index is 12.6. The minimum Gasteiger partial charge on any atom is -0.465 e. The van der Waals surface area contributed by atoms with E-state index in [-0.39, 0.29) is 17.6 Å². The van der Waals surface area contributed by atoms with E-state index in [1.807, 2.05) is 6.92 Å². The summed E-state index contributed by atoms with van der Waals surface area (Å²) in [5.74, 6) is -1.86. The van der Waals surface area contributed by atoms with Crippen molar-refractivity contribution in [3.63, 3.8) is 0 Å². The second-order valence-corrected chi connectivity index (χ2v) is 6.09. The molecule has 0 radical (unpaired) electrons. The van der Waals surface area contributed by atoms with E-state index in [9.17, 15) is 13.6 Å². The lowest BCUT2D eigenvalue weighted by Gasteiger charge is -2.14. The molecule has 0 aliphatic carbocycles. The van der Waals surface area contributed by atoms with E-state index in [0.717, 1.165) is 38.4 Å². The minimum absolute atomic E-state index is 0.0477. The van der Waals surface area contributed by atoms with Crippen LogP contribution in [0.15, 0.2) is 0 Å². The van der Waals surface area contributed by atoms with Gasteiger partial charge in [-0.15, -0.1) is 11.8 Å². The van der Waals surface area contributed by atoms with Gasteiger partial charge in [-0.3, -0.25) is 4.79 Å². The third-order valence-electron chi connectivity index (χ3n) is 2.68. The Hall–Kier alpha value is -0.320. The van der Waals surface area contributed by atoms with Gasteiger partial charge in [-0.1, -0.05) is 19.8 Å².